The van der Waals surface area contributed by atoms with E-state index in [-0.39, 0.29) is 0 Å². The van der Waals surface area contributed by atoms with Crippen molar-refractivity contribution in [3.05, 3.63) is 25.1 Å². The van der Waals surface area contributed by atoms with Crippen molar-refractivity contribution < 1.29 is 22.0 Å². The molecule has 0 saturated carbocycles. The molecular formula is C5H5F5. The molecule has 0 unspecified atom stereocenters. The standard InChI is InChI=1S/C3HF5.C2H4/c4-1(2(5)6)3(7)8;1-2/h2H;1-2H2. The maximum absolute atomic E-state index is 11.0. The van der Waals surface area contributed by atoms with E-state index in [0.717, 1.165) is 0 Å². The van der Waals surface area contributed by atoms with Crippen LogP contribution in [0.2, 0.25) is 0 Å². The molecule has 0 aromatic heterocycles. The molecule has 10 heavy (non-hydrogen) atoms. The van der Waals surface area contributed by atoms with Crippen molar-refractivity contribution >= 4 is 0 Å². The first-order chi connectivity index (χ1) is 4.55. The van der Waals surface area contributed by atoms with Gasteiger partial charge in [0.15, 0.2) is 0 Å². The molecule has 5 heteroatoms. The van der Waals surface area contributed by atoms with Gasteiger partial charge >= 0.3 is 6.08 Å². The highest BCUT2D eigenvalue weighted by Gasteiger charge is 2.16. The molecule has 0 bridgehead atoms. The zero-order valence-corrected chi connectivity index (χ0v) is 4.88. The monoisotopic (exact) mass is 160 g/mol. The van der Waals surface area contributed by atoms with Gasteiger partial charge in [-0.25, -0.2) is 8.78 Å². The zero-order chi connectivity index (χ0) is 8.73. The van der Waals surface area contributed by atoms with E-state index in [2.05, 4.69) is 13.2 Å². The van der Waals surface area contributed by atoms with Crippen molar-refractivity contribution in [3.8, 4) is 0 Å². The largest absolute Gasteiger partial charge is 0.307 e. The van der Waals surface area contributed by atoms with Crippen LogP contribution in [0, 0.1) is 0 Å². The van der Waals surface area contributed by atoms with Gasteiger partial charge in [-0.05, 0) is 0 Å². The summed E-state index contributed by atoms with van der Waals surface area (Å²) in [4.78, 5) is 0. The van der Waals surface area contributed by atoms with E-state index in [0.29, 0.717) is 0 Å². The van der Waals surface area contributed by atoms with Gasteiger partial charge in [-0.2, -0.15) is 13.2 Å². The predicted molar refractivity (Wildman–Crippen MR) is 27.6 cm³/mol. The van der Waals surface area contributed by atoms with E-state index in [1.54, 1.807) is 0 Å². The molecule has 0 spiro atoms. The van der Waals surface area contributed by atoms with E-state index in [1.807, 2.05) is 0 Å². The van der Waals surface area contributed by atoms with Crippen molar-refractivity contribution in [2.75, 3.05) is 0 Å². The Hall–Kier alpha value is -0.870. The van der Waals surface area contributed by atoms with Crippen LogP contribution < -0.4 is 0 Å². The van der Waals surface area contributed by atoms with Gasteiger partial charge in [-0.1, -0.05) is 0 Å². The van der Waals surface area contributed by atoms with Gasteiger partial charge in [-0.15, -0.1) is 13.2 Å². The van der Waals surface area contributed by atoms with Crippen molar-refractivity contribution in [1.29, 1.82) is 0 Å². The van der Waals surface area contributed by atoms with Crippen LogP contribution in [0.25, 0.3) is 0 Å². The lowest BCUT2D eigenvalue weighted by atomic mass is 10.6. The van der Waals surface area contributed by atoms with E-state index in [9.17, 15) is 22.0 Å². The summed E-state index contributed by atoms with van der Waals surface area (Å²) < 4.78 is 54.0. The fraction of sp³-hybridized carbons (Fsp3) is 0.200. The Morgan fingerprint density at radius 2 is 1.30 bits per heavy atom. The SMILES string of the molecule is C=C.FC(F)=C(F)C(F)F. The van der Waals surface area contributed by atoms with E-state index >= 15 is 0 Å². The van der Waals surface area contributed by atoms with Gasteiger partial charge in [0.05, 0.1) is 0 Å². The summed E-state index contributed by atoms with van der Waals surface area (Å²) in [6.45, 7) is 6.00. The molecule has 0 atom stereocenters. The van der Waals surface area contributed by atoms with Crippen LogP contribution in [0.4, 0.5) is 22.0 Å². The maximum atomic E-state index is 11.0. The van der Waals surface area contributed by atoms with Gasteiger partial charge in [0.25, 0.3) is 6.43 Å². The summed E-state index contributed by atoms with van der Waals surface area (Å²) in [7, 11) is 0. The quantitative estimate of drug-likeness (QED) is 0.408. The van der Waals surface area contributed by atoms with Crippen molar-refractivity contribution in [3.63, 3.8) is 0 Å². The average molecular weight is 160 g/mol. The van der Waals surface area contributed by atoms with Crippen molar-refractivity contribution in [2.45, 2.75) is 6.43 Å². The Balaban J connectivity index is 0. The number of hydrogen-bond donors (Lipinski definition) is 0. The third kappa shape index (κ3) is 5.27. The molecule has 0 N–H and O–H groups in total. The second-order valence-corrected chi connectivity index (χ2v) is 0.909. The molecule has 0 rings (SSSR count). The minimum Gasteiger partial charge on any atom is -0.202 e. The zero-order valence-electron chi connectivity index (χ0n) is 4.88. The smallest absolute Gasteiger partial charge is 0.202 e. The predicted octanol–water partition coefficient (Wildman–Crippen LogP) is 3.13. The molecule has 60 valence electrons. The number of halogens is 5. The Labute approximate surface area is 54.7 Å². The topological polar surface area (TPSA) is 0 Å². The molecule has 0 heterocycles. The first kappa shape index (κ1) is 11.9. The molecule has 0 radical (unpaired) electrons. The number of rotatable bonds is 1. The summed E-state index contributed by atoms with van der Waals surface area (Å²) in [6, 6.07) is 0. The summed E-state index contributed by atoms with van der Waals surface area (Å²) >= 11 is 0. The van der Waals surface area contributed by atoms with Gasteiger partial charge in [0.1, 0.15) is 0 Å². The highest BCUT2D eigenvalue weighted by molar-refractivity contribution is 4.93. The Morgan fingerprint density at radius 1 is 1.00 bits per heavy atom. The molecule has 0 aromatic rings. The number of alkyl halides is 2. The van der Waals surface area contributed by atoms with Gasteiger partial charge in [-0.3, -0.25) is 0 Å². The summed E-state index contributed by atoms with van der Waals surface area (Å²) in [5.41, 5.74) is 0. The highest BCUT2D eigenvalue weighted by Crippen LogP contribution is 2.16. The van der Waals surface area contributed by atoms with Crippen LogP contribution in [-0.4, -0.2) is 6.43 Å². The molecule has 0 aliphatic heterocycles. The lowest BCUT2D eigenvalue weighted by Gasteiger charge is -1.88. The molecule has 0 aliphatic carbocycles. The minimum absolute atomic E-state index is 2.65. The fourth-order valence-corrected chi connectivity index (χ4v) is 0.0825. The number of hydrogen-bond acceptors (Lipinski definition) is 0. The Kier molecular flexibility index (Phi) is 7.42. The molecule has 0 fully saturated rings. The minimum atomic E-state index is -3.69. The van der Waals surface area contributed by atoms with Crippen LogP contribution in [0.15, 0.2) is 25.1 Å². The normalized spacial score (nSPS) is 8.20. The molecule has 0 saturated heterocycles. The fourth-order valence-electron chi connectivity index (χ4n) is 0.0825. The third-order valence-electron chi connectivity index (χ3n) is 0.372. The number of allylic oxidation sites excluding steroid dienone is 1. The van der Waals surface area contributed by atoms with Crippen LogP contribution in [0.1, 0.15) is 0 Å². The molecular weight excluding hydrogens is 155 g/mol. The van der Waals surface area contributed by atoms with Crippen LogP contribution in [-0.2, 0) is 0 Å². The highest BCUT2D eigenvalue weighted by atomic mass is 19.3. The van der Waals surface area contributed by atoms with Gasteiger partial charge in [0, 0.05) is 0 Å². The van der Waals surface area contributed by atoms with Gasteiger partial charge in [0.2, 0.25) is 5.83 Å². The van der Waals surface area contributed by atoms with Crippen molar-refractivity contribution in [1.82, 2.24) is 0 Å². The van der Waals surface area contributed by atoms with E-state index in [4.69, 9.17) is 0 Å². The first-order valence-electron chi connectivity index (χ1n) is 2.04. The molecule has 0 aromatic carbocycles. The summed E-state index contributed by atoms with van der Waals surface area (Å²) in [5.74, 6) is -2.65. The molecule has 0 aliphatic rings. The van der Waals surface area contributed by atoms with Crippen molar-refractivity contribution in [2.24, 2.45) is 0 Å². The van der Waals surface area contributed by atoms with Crippen LogP contribution in [0.5, 0.6) is 0 Å². The molecule has 0 nitrogen and oxygen atoms in total. The Bertz CT molecular complexity index is 113. The second kappa shape index (κ2) is 6.25. The van der Waals surface area contributed by atoms with Crippen LogP contribution >= 0.6 is 0 Å². The molecule has 0 amide bonds. The third-order valence-corrected chi connectivity index (χ3v) is 0.372. The second-order valence-electron chi connectivity index (χ2n) is 0.909. The first-order valence-corrected chi connectivity index (χ1v) is 2.04. The lowest BCUT2D eigenvalue weighted by Crippen LogP contribution is -1.90. The summed E-state index contributed by atoms with van der Waals surface area (Å²) in [5, 5.41) is 0. The summed E-state index contributed by atoms with van der Waals surface area (Å²) in [6.07, 6.45) is -6.65. The Morgan fingerprint density at radius 3 is 1.30 bits per heavy atom. The van der Waals surface area contributed by atoms with E-state index < -0.39 is 18.3 Å². The average Bonchev–Trinajstić information content (AvgIpc) is 1.90. The maximum Gasteiger partial charge on any atom is 0.307 e. The van der Waals surface area contributed by atoms with E-state index in [1.165, 1.54) is 0 Å². The lowest BCUT2D eigenvalue weighted by molar-refractivity contribution is 0.145. The van der Waals surface area contributed by atoms with Gasteiger partial charge < -0.3 is 0 Å². The van der Waals surface area contributed by atoms with Crippen LogP contribution in [0.3, 0.4) is 0 Å².